The van der Waals surface area contributed by atoms with Gasteiger partial charge in [-0.25, -0.2) is 4.68 Å². The fraction of sp³-hybridized carbons (Fsp3) is 0.300. The van der Waals surface area contributed by atoms with E-state index in [1.807, 2.05) is 37.6 Å². The van der Waals surface area contributed by atoms with Crippen molar-refractivity contribution in [3.8, 4) is 5.69 Å². The summed E-state index contributed by atoms with van der Waals surface area (Å²) in [4.78, 5) is 24.8. The van der Waals surface area contributed by atoms with E-state index in [0.717, 1.165) is 17.8 Å². The number of aryl methyl sites for hydroxylation is 1. The van der Waals surface area contributed by atoms with Gasteiger partial charge in [-0.15, -0.1) is 12.4 Å². The van der Waals surface area contributed by atoms with Gasteiger partial charge >= 0.3 is 0 Å². The minimum Gasteiger partial charge on any atom is -0.347 e. The highest BCUT2D eigenvalue weighted by Gasteiger charge is 2.34. The van der Waals surface area contributed by atoms with Crippen LogP contribution in [0.5, 0.6) is 0 Å². The Morgan fingerprint density at radius 2 is 2.00 bits per heavy atom. The van der Waals surface area contributed by atoms with Gasteiger partial charge in [-0.3, -0.25) is 14.3 Å². The monoisotopic (exact) mass is 429 g/mol. The van der Waals surface area contributed by atoms with Crippen LogP contribution in [0.15, 0.2) is 55.1 Å². The third kappa shape index (κ3) is 4.87. The van der Waals surface area contributed by atoms with E-state index in [1.54, 1.807) is 33.9 Å². The Hall–Kier alpha value is -3.17. The van der Waals surface area contributed by atoms with Gasteiger partial charge in [0.1, 0.15) is 0 Å². The quantitative estimate of drug-likeness (QED) is 0.544. The predicted octanol–water partition coefficient (Wildman–Crippen LogP) is 1.09. The van der Waals surface area contributed by atoms with Gasteiger partial charge in [0.15, 0.2) is 0 Å². The van der Waals surface area contributed by atoms with E-state index in [2.05, 4.69) is 26.1 Å². The zero-order valence-electron chi connectivity index (χ0n) is 16.5. The molecule has 0 unspecified atom stereocenters. The SMILES string of the molecule is Cl.Cn1cc([C@H]2CNC[C@@H]2C(=O)NCC(=O)Nc2ccc(-n3cccn3)cc2)cn1. The van der Waals surface area contributed by atoms with Crippen molar-refractivity contribution < 1.29 is 9.59 Å². The van der Waals surface area contributed by atoms with Crippen LogP contribution >= 0.6 is 12.4 Å². The summed E-state index contributed by atoms with van der Waals surface area (Å²) < 4.78 is 3.47. The lowest BCUT2D eigenvalue weighted by atomic mass is 9.90. The van der Waals surface area contributed by atoms with Gasteiger partial charge in [-0.2, -0.15) is 10.2 Å². The molecule has 0 saturated carbocycles. The third-order valence-electron chi connectivity index (χ3n) is 5.05. The minimum atomic E-state index is -0.269. The van der Waals surface area contributed by atoms with E-state index >= 15 is 0 Å². The number of carbonyl (C=O) groups excluding carboxylic acids is 2. The number of aromatic nitrogens is 4. The topological polar surface area (TPSA) is 106 Å². The molecule has 1 saturated heterocycles. The van der Waals surface area contributed by atoms with Crippen LogP contribution in [-0.4, -0.2) is 51.0 Å². The Morgan fingerprint density at radius 1 is 1.20 bits per heavy atom. The number of rotatable bonds is 6. The molecule has 10 heteroatoms. The summed E-state index contributed by atoms with van der Waals surface area (Å²) in [7, 11) is 1.85. The Bertz CT molecular complexity index is 985. The molecule has 0 bridgehead atoms. The van der Waals surface area contributed by atoms with Crippen LogP contribution in [0.2, 0.25) is 0 Å². The van der Waals surface area contributed by atoms with E-state index in [4.69, 9.17) is 0 Å². The molecule has 1 fully saturated rings. The number of benzene rings is 1. The van der Waals surface area contributed by atoms with Crippen LogP contribution in [0.3, 0.4) is 0 Å². The summed E-state index contributed by atoms with van der Waals surface area (Å²) in [5.74, 6) is -0.566. The molecule has 158 valence electrons. The lowest BCUT2D eigenvalue weighted by Gasteiger charge is -2.17. The van der Waals surface area contributed by atoms with Crippen molar-refractivity contribution in [2.75, 3.05) is 25.0 Å². The zero-order chi connectivity index (χ0) is 20.2. The molecule has 2 atom stereocenters. The highest BCUT2D eigenvalue weighted by Crippen LogP contribution is 2.27. The predicted molar refractivity (Wildman–Crippen MR) is 115 cm³/mol. The highest BCUT2D eigenvalue weighted by atomic mass is 35.5. The number of nitrogens with zero attached hydrogens (tertiary/aromatic N) is 4. The van der Waals surface area contributed by atoms with Crippen LogP contribution in [-0.2, 0) is 16.6 Å². The van der Waals surface area contributed by atoms with Crippen LogP contribution in [0, 0.1) is 5.92 Å². The molecule has 30 heavy (non-hydrogen) atoms. The molecule has 2 aromatic heterocycles. The van der Waals surface area contributed by atoms with Crippen molar-refractivity contribution in [3.05, 3.63) is 60.7 Å². The summed E-state index contributed by atoms with van der Waals surface area (Å²) in [6.07, 6.45) is 7.27. The molecule has 3 N–H and O–H groups in total. The van der Waals surface area contributed by atoms with E-state index in [-0.39, 0.29) is 42.6 Å². The fourth-order valence-electron chi connectivity index (χ4n) is 3.56. The molecule has 0 radical (unpaired) electrons. The average Bonchev–Trinajstić information content (AvgIpc) is 3.47. The molecule has 9 nitrogen and oxygen atoms in total. The smallest absolute Gasteiger partial charge is 0.243 e. The standard InChI is InChI=1S/C20H23N7O2.ClH/c1-26-13-14(9-24-26)17-10-21-11-18(17)20(29)22-12-19(28)25-15-3-5-16(6-4-15)27-8-2-7-23-27;/h2-9,13,17-18,21H,10-12H2,1H3,(H,22,29)(H,25,28);1H/t17-,18+;/m1./s1. The van der Waals surface area contributed by atoms with Gasteiger partial charge in [-0.1, -0.05) is 0 Å². The summed E-state index contributed by atoms with van der Waals surface area (Å²) in [5.41, 5.74) is 2.59. The molecular weight excluding hydrogens is 406 g/mol. The molecule has 3 heterocycles. The molecule has 2 amide bonds. The summed E-state index contributed by atoms with van der Waals surface area (Å²) in [6.45, 7) is 1.23. The van der Waals surface area contributed by atoms with Crippen molar-refractivity contribution >= 4 is 29.9 Å². The van der Waals surface area contributed by atoms with Crippen molar-refractivity contribution in [2.24, 2.45) is 13.0 Å². The van der Waals surface area contributed by atoms with Crippen LogP contribution in [0.4, 0.5) is 5.69 Å². The van der Waals surface area contributed by atoms with Crippen LogP contribution < -0.4 is 16.0 Å². The maximum absolute atomic E-state index is 12.6. The van der Waals surface area contributed by atoms with Gasteiger partial charge in [0.05, 0.1) is 24.3 Å². The lowest BCUT2D eigenvalue weighted by Crippen LogP contribution is -2.39. The number of amides is 2. The first kappa shape index (κ1) is 21.5. The molecule has 1 aliphatic rings. The van der Waals surface area contributed by atoms with E-state index in [9.17, 15) is 9.59 Å². The van der Waals surface area contributed by atoms with Crippen molar-refractivity contribution in [1.29, 1.82) is 0 Å². The lowest BCUT2D eigenvalue weighted by molar-refractivity contribution is -0.127. The Morgan fingerprint density at radius 3 is 2.67 bits per heavy atom. The second kappa shape index (κ2) is 9.55. The maximum Gasteiger partial charge on any atom is 0.243 e. The van der Waals surface area contributed by atoms with Gasteiger partial charge < -0.3 is 16.0 Å². The fourth-order valence-corrected chi connectivity index (χ4v) is 3.56. The van der Waals surface area contributed by atoms with Gasteiger partial charge in [0, 0.05) is 50.3 Å². The zero-order valence-corrected chi connectivity index (χ0v) is 17.3. The van der Waals surface area contributed by atoms with E-state index < -0.39 is 0 Å². The van der Waals surface area contributed by atoms with Gasteiger partial charge in [0.2, 0.25) is 11.8 Å². The number of anilines is 1. The number of carbonyl (C=O) groups is 2. The van der Waals surface area contributed by atoms with Gasteiger partial charge in [0.25, 0.3) is 0 Å². The average molecular weight is 430 g/mol. The first-order valence-corrected chi connectivity index (χ1v) is 9.47. The van der Waals surface area contributed by atoms with E-state index in [1.165, 1.54) is 0 Å². The maximum atomic E-state index is 12.6. The normalized spacial score (nSPS) is 17.9. The number of hydrogen-bond acceptors (Lipinski definition) is 5. The molecule has 0 spiro atoms. The second-order valence-electron chi connectivity index (χ2n) is 7.08. The third-order valence-corrected chi connectivity index (χ3v) is 5.05. The van der Waals surface area contributed by atoms with Crippen LogP contribution in [0.25, 0.3) is 5.69 Å². The molecule has 1 aromatic carbocycles. The van der Waals surface area contributed by atoms with E-state index in [0.29, 0.717) is 12.2 Å². The van der Waals surface area contributed by atoms with Gasteiger partial charge in [-0.05, 0) is 35.9 Å². The summed E-state index contributed by atoms with van der Waals surface area (Å²) in [5, 5.41) is 17.1. The summed E-state index contributed by atoms with van der Waals surface area (Å²) >= 11 is 0. The summed E-state index contributed by atoms with van der Waals surface area (Å²) in [6, 6.07) is 9.18. The first-order valence-electron chi connectivity index (χ1n) is 9.47. The molecular formula is C20H24ClN7O2. The molecule has 4 rings (SSSR count). The Kier molecular flexibility index (Phi) is 6.86. The van der Waals surface area contributed by atoms with Crippen molar-refractivity contribution in [2.45, 2.75) is 5.92 Å². The largest absolute Gasteiger partial charge is 0.347 e. The Labute approximate surface area is 180 Å². The Balaban J connectivity index is 0.00000256. The number of halogens is 1. The number of nitrogens with one attached hydrogen (secondary N) is 3. The van der Waals surface area contributed by atoms with Crippen molar-refractivity contribution in [1.82, 2.24) is 30.2 Å². The number of hydrogen-bond donors (Lipinski definition) is 3. The molecule has 1 aliphatic heterocycles. The second-order valence-corrected chi connectivity index (χ2v) is 7.08. The molecule has 0 aliphatic carbocycles. The highest BCUT2D eigenvalue weighted by molar-refractivity contribution is 5.95. The van der Waals surface area contributed by atoms with Crippen LogP contribution in [0.1, 0.15) is 11.5 Å². The minimum absolute atomic E-state index is 0. The molecule has 3 aromatic rings. The first-order chi connectivity index (χ1) is 14.1. The van der Waals surface area contributed by atoms with Crippen molar-refractivity contribution in [3.63, 3.8) is 0 Å².